The first-order valence-corrected chi connectivity index (χ1v) is 8.74. The standard InChI is InChI=1S/C18H21N7O/c1-25-18(20-16(24-25)13-7-9-19-10-8-13)21-17(26)15-11-14(22-23-15)12-5-3-2-4-6-12/h2-6,11,13,19H,7-10H2,1H3,(H,22,23)(H,20,21,24,26). The van der Waals surface area contributed by atoms with Crippen molar-refractivity contribution in [3.05, 3.63) is 47.9 Å². The van der Waals surface area contributed by atoms with Crippen LogP contribution in [0.3, 0.4) is 0 Å². The Bertz CT molecular complexity index is 893. The molecule has 0 saturated carbocycles. The predicted molar refractivity (Wildman–Crippen MR) is 97.8 cm³/mol. The van der Waals surface area contributed by atoms with Crippen LogP contribution in [0.15, 0.2) is 36.4 Å². The molecule has 0 spiro atoms. The van der Waals surface area contributed by atoms with Crippen molar-refractivity contribution in [2.75, 3.05) is 18.4 Å². The summed E-state index contributed by atoms with van der Waals surface area (Å²) in [5.74, 6) is 1.29. The van der Waals surface area contributed by atoms with E-state index in [1.165, 1.54) is 0 Å². The number of amides is 1. The normalized spacial score (nSPS) is 15.1. The largest absolute Gasteiger partial charge is 0.317 e. The molecular weight excluding hydrogens is 330 g/mol. The molecule has 3 aromatic rings. The number of aryl methyl sites for hydroxylation is 1. The molecule has 8 nitrogen and oxygen atoms in total. The summed E-state index contributed by atoms with van der Waals surface area (Å²) >= 11 is 0. The van der Waals surface area contributed by atoms with Crippen LogP contribution in [-0.2, 0) is 7.05 Å². The second-order valence-electron chi connectivity index (χ2n) is 6.43. The zero-order valence-corrected chi connectivity index (χ0v) is 14.6. The van der Waals surface area contributed by atoms with E-state index in [-0.39, 0.29) is 5.91 Å². The summed E-state index contributed by atoms with van der Waals surface area (Å²) in [6.45, 7) is 1.95. The van der Waals surface area contributed by atoms with Gasteiger partial charge < -0.3 is 5.32 Å². The van der Waals surface area contributed by atoms with E-state index >= 15 is 0 Å². The molecule has 1 saturated heterocycles. The van der Waals surface area contributed by atoms with Crippen LogP contribution < -0.4 is 10.6 Å². The Morgan fingerprint density at radius 1 is 1.23 bits per heavy atom. The number of carbonyl (C=O) groups is 1. The molecule has 1 aromatic carbocycles. The van der Waals surface area contributed by atoms with Crippen molar-refractivity contribution < 1.29 is 4.79 Å². The molecule has 1 aliphatic rings. The number of rotatable bonds is 4. The molecular formula is C18H21N7O. The number of nitrogens with zero attached hydrogens (tertiary/aromatic N) is 4. The quantitative estimate of drug-likeness (QED) is 0.667. The third-order valence-electron chi connectivity index (χ3n) is 4.60. The summed E-state index contributed by atoms with van der Waals surface area (Å²) in [4.78, 5) is 17.0. The van der Waals surface area contributed by atoms with Gasteiger partial charge in [0.25, 0.3) is 5.91 Å². The Morgan fingerprint density at radius 2 is 2.00 bits per heavy atom. The number of nitrogens with one attached hydrogen (secondary N) is 3. The van der Waals surface area contributed by atoms with Crippen LogP contribution in [0.4, 0.5) is 5.95 Å². The topological polar surface area (TPSA) is 101 Å². The van der Waals surface area contributed by atoms with E-state index in [4.69, 9.17) is 0 Å². The van der Waals surface area contributed by atoms with Crippen molar-refractivity contribution in [2.45, 2.75) is 18.8 Å². The summed E-state index contributed by atoms with van der Waals surface area (Å²) in [7, 11) is 1.79. The number of aromatic nitrogens is 5. The smallest absolute Gasteiger partial charge is 0.276 e. The fraction of sp³-hybridized carbons (Fsp3) is 0.333. The molecule has 1 aliphatic heterocycles. The highest BCUT2D eigenvalue weighted by Crippen LogP contribution is 2.23. The molecule has 0 atom stereocenters. The summed E-state index contributed by atoms with van der Waals surface area (Å²) in [5.41, 5.74) is 2.06. The van der Waals surface area contributed by atoms with E-state index in [0.717, 1.165) is 43.0 Å². The monoisotopic (exact) mass is 351 g/mol. The molecule has 3 N–H and O–H groups in total. The number of piperidine rings is 1. The molecule has 0 bridgehead atoms. The van der Waals surface area contributed by atoms with E-state index in [0.29, 0.717) is 17.6 Å². The first-order valence-electron chi connectivity index (χ1n) is 8.74. The second kappa shape index (κ2) is 7.09. The van der Waals surface area contributed by atoms with Crippen molar-refractivity contribution in [3.63, 3.8) is 0 Å². The van der Waals surface area contributed by atoms with Gasteiger partial charge in [0.1, 0.15) is 5.69 Å². The van der Waals surface area contributed by atoms with E-state index in [1.807, 2.05) is 30.3 Å². The van der Waals surface area contributed by atoms with E-state index in [1.54, 1.807) is 17.8 Å². The average Bonchev–Trinajstić information content (AvgIpc) is 3.31. The highest BCUT2D eigenvalue weighted by Gasteiger charge is 2.22. The van der Waals surface area contributed by atoms with Gasteiger partial charge in [-0.05, 0) is 32.0 Å². The van der Waals surface area contributed by atoms with Crippen LogP contribution in [0.2, 0.25) is 0 Å². The third kappa shape index (κ3) is 3.36. The van der Waals surface area contributed by atoms with Gasteiger partial charge in [-0.2, -0.15) is 15.2 Å². The highest BCUT2D eigenvalue weighted by molar-refractivity contribution is 6.02. The van der Waals surface area contributed by atoms with Crippen molar-refractivity contribution in [1.29, 1.82) is 0 Å². The van der Waals surface area contributed by atoms with Gasteiger partial charge in [0.05, 0.1) is 5.69 Å². The second-order valence-corrected chi connectivity index (χ2v) is 6.43. The Labute approximate surface area is 151 Å². The third-order valence-corrected chi connectivity index (χ3v) is 4.60. The maximum atomic E-state index is 12.5. The minimum Gasteiger partial charge on any atom is -0.317 e. The van der Waals surface area contributed by atoms with Gasteiger partial charge in [0, 0.05) is 18.5 Å². The van der Waals surface area contributed by atoms with Crippen molar-refractivity contribution in [3.8, 4) is 11.3 Å². The molecule has 0 radical (unpaired) electrons. The number of aromatic amines is 1. The summed E-state index contributed by atoms with van der Waals surface area (Å²) in [5, 5.41) is 17.6. The molecule has 26 heavy (non-hydrogen) atoms. The van der Waals surface area contributed by atoms with Crippen LogP contribution >= 0.6 is 0 Å². The number of anilines is 1. The Hall–Kier alpha value is -3.00. The van der Waals surface area contributed by atoms with Gasteiger partial charge in [0.2, 0.25) is 5.95 Å². The zero-order valence-electron chi connectivity index (χ0n) is 14.6. The van der Waals surface area contributed by atoms with Gasteiger partial charge in [-0.25, -0.2) is 4.68 Å². The van der Waals surface area contributed by atoms with Crippen molar-refractivity contribution >= 4 is 11.9 Å². The molecule has 1 amide bonds. The summed E-state index contributed by atoms with van der Waals surface area (Å²) in [6, 6.07) is 11.4. The lowest BCUT2D eigenvalue weighted by Crippen LogP contribution is -2.27. The summed E-state index contributed by atoms with van der Waals surface area (Å²) in [6.07, 6.45) is 2.02. The number of hydrogen-bond donors (Lipinski definition) is 3. The van der Waals surface area contributed by atoms with Gasteiger partial charge in [-0.15, -0.1) is 0 Å². The van der Waals surface area contributed by atoms with Crippen molar-refractivity contribution in [1.82, 2.24) is 30.3 Å². The molecule has 134 valence electrons. The average molecular weight is 351 g/mol. The SMILES string of the molecule is Cn1nc(C2CCNCC2)nc1NC(=O)c1cc(-c2ccccc2)n[nH]1. The Morgan fingerprint density at radius 3 is 2.77 bits per heavy atom. The molecule has 1 fully saturated rings. The van der Waals surface area contributed by atoms with E-state index in [2.05, 4.69) is 30.9 Å². The van der Waals surface area contributed by atoms with Crippen LogP contribution in [0, 0.1) is 0 Å². The van der Waals surface area contributed by atoms with Crippen molar-refractivity contribution in [2.24, 2.45) is 7.05 Å². The van der Waals surface area contributed by atoms with Crippen LogP contribution in [-0.4, -0.2) is 44.0 Å². The van der Waals surface area contributed by atoms with Crippen LogP contribution in [0.1, 0.15) is 35.1 Å². The number of carbonyl (C=O) groups excluding carboxylic acids is 1. The van der Waals surface area contributed by atoms with E-state index < -0.39 is 0 Å². The maximum Gasteiger partial charge on any atom is 0.276 e. The molecule has 8 heteroatoms. The first-order chi connectivity index (χ1) is 12.7. The van der Waals surface area contributed by atoms with Gasteiger partial charge in [0.15, 0.2) is 5.82 Å². The molecule has 0 unspecified atom stereocenters. The Kier molecular flexibility index (Phi) is 4.49. The fourth-order valence-corrected chi connectivity index (χ4v) is 3.13. The zero-order chi connectivity index (χ0) is 17.9. The number of H-pyrrole nitrogens is 1. The van der Waals surface area contributed by atoms with E-state index in [9.17, 15) is 4.79 Å². The molecule has 2 aromatic heterocycles. The number of hydrogen-bond acceptors (Lipinski definition) is 5. The molecule has 4 rings (SSSR count). The maximum absolute atomic E-state index is 12.5. The first kappa shape index (κ1) is 16.5. The number of benzene rings is 1. The van der Waals surface area contributed by atoms with Gasteiger partial charge >= 0.3 is 0 Å². The predicted octanol–water partition coefficient (Wildman–Crippen LogP) is 1.92. The highest BCUT2D eigenvalue weighted by atomic mass is 16.2. The Balaban J connectivity index is 1.48. The summed E-state index contributed by atoms with van der Waals surface area (Å²) < 4.78 is 1.61. The molecule has 3 heterocycles. The van der Waals surface area contributed by atoms with Gasteiger partial charge in [-0.1, -0.05) is 30.3 Å². The lowest BCUT2D eigenvalue weighted by atomic mass is 9.98. The van der Waals surface area contributed by atoms with Crippen LogP contribution in [0.5, 0.6) is 0 Å². The lowest BCUT2D eigenvalue weighted by Gasteiger charge is -2.19. The van der Waals surface area contributed by atoms with Crippen LogP contribution in [0.25, 0.3) is 11.3 Å². The lowest BCUT2D eigenvalue weighted by molar-refractivity contribution is 0.102. The minimum atomic E-state index is -0.285. The minimum absolute atomic E-state index is 0.285. The molecule has 0 aliphatic carbocycles. The fourth-order valence-electron chi connectivity index (χ4n) is 3.13. The van der Waals surface area contributed by atoms with Gasteiger partial charge in [-0.3, -0.25) is 15.2 Å².